The molecule has 0 aliphatic carbocycles. The number of hydrogen-bond acceptors (Lipinski definition) is 2. The zero-order valence-corrected chi connectivity index (χ0v) is 12.2. The second kappa shape index (κ2) is 7.46. The molecule has 0 atom stereocenters. The number of benzene rings is 1. The Kier molecular flexibility index (Phi) is 6.23. The Hall–Kier alpha value is -0.860. The Morgan fingerprint density at radius 3 is 2.53 bits per heavy atom. The second-order valence-electron chi connectivity index (χ2n) is 3.39. The first-order valence-electron chi connectivity index (χ1n) is 5.45. The van der Waals surface area contributed by atoms with E-state index in [1.54, 1.807) is 23.5 Å². The first-order chi connectivity index (χ1) is 8.28. The molecule has 0 heterocycles. The SMILES string of the molecule is C=C/C(=C\C=C/C)c1cccc(SC)c1SC. The molecule has 0 fully saturated rings. The first kappa shape index (κ1) is 14.2. The maximum absolute atomic E-state index is 3.90. The molecule has 0 N–H and O–H groups in total. The fourth-order valence-electron chi connectivity index (χ4n) is 1.58. The zero-order valence-electron chi connectivity index (χ0n) is 10.6. The summed E-state index contributed by atoms with van der Waals surface area (Å²) in [4.78, 5) is 2.65. The summed E-state index contributed by atoms with van der Waals surface area (Å²) in [5, 5.41) is 0. The molecule has 90 valence electrons. The van der Waals surface area contributed by atoms with Crippen LogP contribution in [-0.4, -0.2) is 12.5 Å². The van der Waals surface area contributed by atoms with Crippen LogP contribution in [0.3, 0.4) is 0 Å². The topological polar surface area (TPSA) is 0 Å². The molecule has 0 aromatic heterocycles. The van der Waals surface area contributed by atoms with E-state index in [0.29, 0.717) is 0 Å². The summed E-state index contributed by atoms with van der Waals surface area (Å²) in [6.07, 6.45) is 12.3. The summed E-state index contributed by atoms with van der Waals surface area (Å²) in [5.41, 5.74) is 2.43. The van der Waals surface area contributed by atoms with E-state index in [2.05, 4.69) is 43.4 Å². The molecule has 0 spiro atoms. The van der Waals surface area contributed by atoms with Gasteiger partial charge in [-0.05, 0) is 36.6 Å². The lowest BCUT2D eigenvalue weighted by atomic mass is 10.1. The van der Waals surface area contributed by atoms with Crippen molar-refractivity contribution in [3.05, 3.63) is 54.6 Å². The maximum Gasteiger partial charge on any atom is 0.0284 e. The third-order valence-corrected chi connectivity index (χ3v) is 4.16. The van der Waals surface area contributed by atoms with Gasteiger partial charge in [-0.15, -0.1) is 23.5 Å². The van der Waals surface area contributed by atoms with E-state index >= 15 is 0 Å². The number of rotatable bonds is 5. The highest BCUT2D eigenvalue weighted by molar-refractivity contribution is 8.01. The van der Waals surface area contributed by atoms with Gasteiger partial charge in [0, 0.05) is 9.79 Å². The molecular formula is C15H18S2. The van der Waals surface area contributed by atoms with Crippen molar-refractivity contribution in [3.63, 3.8) is 0 Å². The highest BCUT2D eigenvalue weighted by Crippen LogP contribution is 2.35. The van der Waals surface area contributed by atoms with Gasteiger partial charge in [-0.3, -0.25) is 0 Å². The summed E-state index contributed by atoms with van der Waals surface area (Å²) in [6, 6.07) is 6.42. The third kappa shape index (κ3) is 3.55. The summed E-state index contributed by atoms with van der Waals surface area (Å²) in [5.74, 6) is 0. The lowest BCUT2D eigenvalue weighted by Crippen LogP contribution is -1.87. The van der Waals surface area contributed by atoms with Gasteiger partial charge in [-0.2, -0.15) is 0 Å². The summed E-state index contributed by atoms with van der Waals surface area (Å²) < 4.78 is 0. The normalized spacial score (nSPS) is 12.1. The lowest BCUT2D eigenvalue weighted by Gasteiger charge is -2.11. The predicted molar refractivity (Wildman–Crippen MR) is 83.0 cm³/mol. The highest BCUT2D eigenvalue weighted by atomic mass is 32.2. The van der Waals surface area contributed by atoms with Crippen LogP contribution in [0, 0.1) is 0 Å². The molecule has 0 nitrogen and oxygen atoms in total. The molecule has 2 heteroatoms. The van der Waals surface area contributed by atoms with Crippen molar-refractivity contribution < 1.29 is 0 Å². The van der Waals surface area contributed by atoms with Crippen LogP contribution in [0.5, 0.6) is 0 Å². The fraction of sp³-hybridized carbons (Fsp3) is 0.200. The molecule has 1 aromatic rings. The minimum atomic E-state index is 1.17. The summed E-state index contributed by atoms with van der Waals surface area (Å²) in [7, 11) is 0. The Labute approximate surface area is 113 Å². The number of allylic oxidation sites excluding steroid dienone is 5. The van der Waals surface area contributed by atoms with E-state index in [-0.39, 0.29) is 0 Å². The Balaban J connectivity index is 3.33. The fourth-order valence-corrected chi connectivity index (χ4v) is 3.27. The van der Waals surface area contributed by atoms with Gasteiger partial charge in [-0.1, -0.05) is 43.0 Å². The largest absolute Gasteiger partial charge is 0.128 e. The molecule has 0 radical (unpaired) electrons. The van der Waals surface area contributed by atoms with E-state index in [1.165, 1.54) is 20.9 Å². The third-order valence-electron chi connectivity index (χ3n) is 2.40. The average Bonchev–Trinajstić information content (AvgIpc) is 2.39. The first-order valence-corrected chi connectivity index (χ1v) is 7.90. The van der Waals surface area contributed by atoms with Crippen LogP contribution >= 0.6 is 23.5 Å². The van der Waals surface area contributed by atoms with Crippen molar-refractivity contribution in [1.29, 1.82) is 0 Å². The van der Waals surface area contributed by atoms with Crippen molar-refractivity contribution in [2.24, 2.45) is 0 Å². The molecular weight excluding hydrogens is 244 g/mol. The Morgan fingerprint density at radius 2 is 2.00 bits per heavy atom. The monoisotopic (exact) mass is 262 g/mol. The van der Waals surface area contributed by atoms with Crippen LogP contribution in [0.25, 0.3) is 5.57 Å². The van der Waals surface area contributed by atoms with Gasteiger partial charge in [0.05, 0.1) is 0 Å². The Bertz CT molecular complexity index is 442. The van der Waals surface area contributed by atoms with E-state index in [1.807, 2.05) is 25.2 Å². The molecule has 17 heavy (non-hydrogen) atoms. The quantitative estimate of drug-likeness (QED) is 0.523. The molecule has 0 aliphatic heterocycles. The molecule has 0 aliphatic rings. The number of hydrogen-bond donors (Lipinski definition) is 0. The van der Waals surface area contributed by atoms with E-state index in [4.69, 9.17) is 0 Å². The van der Waals surface area contributed by atoms with E-state index < -0.39 is 0 Å². The Morgan fingerprint density at radius 1 is 1.24 bits per heavy atom. The minimum Gasteiger partial charge on any atom is -0.128 e. The van der Waals surface area contributed by atoms with E-state index in [9.17, 15) is 0 Å². The minimum absolute atomic E-state index is 1.17. The molecule has 0 unspecified atom stereocenters. The summed E-state index contributed by atoms with van der Waals surface area (Å²) >= 11 is 3.58. The highest BCUT2D eigenvalue weighted by Gasteiger charge is 2.08. The number of thioether (sulfide) groups is 2. The van der Waals surface area contributed by atoms with Crippen LogP contribution in [0.2, 0.25) is 0 Å². The second-order valence-corrected chi connectivity index (χ2v) is 5.06. The van der Waals surface area contributed by atoms with Crippen LogP contribution in [0.1, 0.15) is 12.5 Å². The van der Waals surface area contributed by atoms with Crippen LogP contribution in [-0.2, 0) is 0 Å². The van der Waals surface area contributed by atoms with Gasteiger partial charge >= 0.3 is 0 Å². The van der Waals surface area contributed by atoms with Crippen LogP contribution < -0.4 is 0 Å². The predicted octanol–water partition coefficient (Wildman–Crippen LogP) is 5.28. The molecule has 0 saturated carbocycles. The molecule has 1 aromatic carbocycles. The zero-order chi connectivity index (χ0) is 12.7. The van der Waals surface area contributed by atoms with Crippen molar-refractivity contribution in [1.82, 2.24) is 0 Å². The smallest absolute Gasteiger partial charge is 0.0284 e. The van der Waals surface area contributed by atoms with Crippen molar-refractivity contribution in [2.45, 2.75) is 16.7 Å². The van der Waals surface area contributed by atoms with Crippen LogP contribution in [0.4, 0.5) is 0 Å². The lowest BCUT2D eigenvalue weighted by molar-refractivity contribution is 1.23. The van der Waals surface area contributed by atoms with E-state index in [0.717, 1.165) is 0 Å². The van der Waals surface area contributed by atoms with Crippen molar-refractivity contribution in [3.8, 4) is 0 Å². The summed E-state index contributed by atoms with van der Waals surface area (Å²) in [6.45, 7) is 5.92. The van der Waals surface area contributed by atoms with Crippen molar-refractivity contribution >= 4 is 29.1 Å². The van der Waals surface area contributed by atoms with Gasteiger partial charge in [0.15, 0.2) is 0 Å². The maximum atomic E-state index is 3.90. The van der Waals surface area contributed by atoms with Gasteiger partial charge in [0.25, 0.3) is 0 Å². The van der Waals surface area contributed by atoms with Gasteiger partial charge in [-0.25, -0.2) is 0 Å². The van der Waals surface area contributed by atoms with Gasteiger partial charge in [0.2, 0.25) is 0 Å². The molecule has 0 amide bonds. The molecule has 1 rings (SSSR count). The average molecular weight is 262 g/mol. The van der Waals surface area contributed by atoms with Crippen LogP contribution in [0.15, 0.2) is 58.9 Å². The molecule has 0 bridgehead atoms. The van der Waals surface area contributed by atoms with Gasteiger partial charge in [0.1, 0.15) is 0 Å². The van der Waals surface area contributed by atoms with Crippen molar-refractivity contribution in [2.75, 3.05) is 12.5 Å². The van der Waals surface area contributed by atoms with Gasteiger partial charge < -0.3 is 0 Å². The molecule has 0 saturated heterocycles. The standard InChI is InChI=1S/C15H18S2/c1-5-7-9-12(6-2)13-10-8-11-14(16-3)15(13)17-4/h5-11H,2H2,1,3-4H3/b7-5-,12-9+.